The first-order valence-electron chi connectivity index (χ1n) is 16.9. The maximum absolute atomic E-state index is 12.7. The minimum Gasteiger partial charge on any atom is -0.461 e. The van der Waals surface area contributed by atoms with Gasteiger partial charge in [-0.1, -0.05) is 27.2 Å². The Morgan fingerprint density at radius 3 is 2.45 bits per heavy atom. The van der Waals surface area contributed by atoms with E-state index in [1.54, 1.807) is 0 Å². The molecule has 0 aromatic carbocycles. The third-order valence-corrected chi connectivity index (χ3v) is 13.3. The van der Waals surface area contributed by atoms with Gasteiger partial charge in [0, 0.05) is 13.0 Å². The molecule has 1 amide bonds. The van der Waals surface area contributed by atoms with Crippen molar-refractivity contribution in [2.45, 2.75) is 122 Å². The maximum atomic E-state index is 12.7. The Hall–Kier alpha value is -1.31. The molecule has 1 unspecified atom stereocenters. The molecule has 4 rings (SSSR count). The van der Waals surface area contributed by atoms with Crippen LogP contribution in [0.3, 0.4) is 0 Å². The number of hydrogen-bond acceptors (Lipinski definition) is 9. The van der Waals surface area contributed by atoms with E-state index in [9.17, 15) is 28.2 Å². The van der Waals surface area contributed by atoms with Crippen LogP contribution in [0.5, 0.6) is 0 Å². The molecule has 4 aliphatic carbocycles. The van der Waals surface area contributed by atoms with Gasteiger partial charge in [-0.25, -0.2) is 0 Å². The molecule has 0 heterocycles. The number of nitrogens with one attached hydrogen (secondary N) is 1. The van der Waals surface area contributed by atoms with Gasteiger partial charge in [0.25, 0.3) is 10.1 Å². The average Bonchev–Trinajstić information content (AvgIpc) is 3.30. The molecule has 12 atom stereocenters. The lowest BCUT2D eigenvalue weighted by Gasteiger charge is -2.63. The fraction of sp³-hybridized carbons (Fsp3) is 0.938. The SMILES string of the molecule is C[C@H](CCC(=O)NCCS(=O)(=O)O)[C@H]1CC[C@H]2[C@@H]3[C@H](O)CC4C[C@H](OC(=O)[C@@H](N)CCCCN)CC[C@]4(C)[C@H]3C[C@H](O)[C@]12C. The average molecular weight is 644 g/mol. The molecular formula is C32H57N3O8S. The van der Waals surface area contributed by atoms with Gasteiger partial charge in [-0.2, -0.15) is 8.42 Å². The summed E-state index contributed by atoms with van der Waals surface area (Å²) < 4.78 is 36.6. The molecule has 0 bridgehead atoms. The Balaban J connectivity index is 1.38. The van der Waals surface area contributed by atoms with E-state index in [1.807, 2.05) is 0 Å². The highest BCUT2D eigenvalue weighted by molar-refractivity contribution is 7.85. The first-order valence-corrected chi connectivity index (χ1v) is 18.5. The van der Waals surface area contributed by atoms with Crippen LogP contribution in [0.4, 0.5) is 0 Å². The second-order valence-electron chi connectivity index (χ2n) is 15.0. The standard InChI is InChI=1S/C32H57N3O8S/c1-19(7-10-28(38)35-14-15-44(40,41)42)22-8-9-23-29-24(18-27(37)32(22,23)3)31(2)12-11-21(16-20(31)17-26(29)36)43-30(39)25(34)6-4-5-13-33/h19-27,29,36-37H,4-18,33-34H2,1-3H3,(H,35,38)(H,40,41,42)/t19-,20?,21-,22-,23+,24+,25+,26-,27+,29+,31+,32-/m1/s1. The lowest BCUT2D eigenvalue weighted by Crippen LogP contribution is -2.62. The van der Waals surface area contributed by atoms with E-state index in [-0.39, 0.29) is 77.3 Å². The van der Waals surface area contributed by atoms with Crippen LogP contribution < -0.4 is 16.8 Å². The van der Waals surface area contributed by atoms with Gasteiger partial charge in [0.15, 0.2) is 0 Å². The predicted molar refractivity (Wildman–Crippen MR) is 167 cm³/mol. The molecule has 4 saturated carbocycles. The molecule has 12 heteroatoms. The van der Waals surface area contributed by atoms with Crippen molar-refractivity contribution in [3.63, 3.8) is 0 Å². The summed E-state index contributed by atoms with van der Waals surface area (Å²) in [5, 5.41) is 26.1. The largest absolute Gasteiger partial charge is 0.461 e. The summed E-state index contributed by atoms with van der Waals surface area (Å²) >= 11 is 0. The third-order valence-electron chi connectivity index (χ3n) is 12.6. The zero-order valence-electron chi connectivity index (χ0n) is 26.8. The molecule has 44 heavy (non-hydrogen) atoms. The smallest absolute Gasteiger partial charge is 0.323 e. The molecule has 0 radical (unpaired) electrons. The van der Waals surface area contributed by atoms with Crippen LogP contribution in [-0.4, -0.2) is 78.3 Å². The highest BCUT2D eigenvalue weighted by Crippen LogP contribution is 2.68. The van der Waals surface area contributed by atoms with E-state index < -0.39 is 34.1 Å². The molecule has 8 N–H and O–H groups in total. The molecule has 254 valence electrons. The molecular weight excluding hydrogens is 586 g/mol. The summed E-state index contributed by atoms with van der Waals surface area (Å²) in [5.74, 6) is -0.0779. The van der Waals surface area contributed by atoms with Gasteiger partial charge in [0.2, 0.25) is 5.91 Å². The van der Waals surface area contributed by atoms with Crippen LogP contribution >= 0.6 is 0 Å². The van der Waals surface area contributed by atoms with Crippen LogP contribution in [0.15, 0.2) is 0 Å². The summed E-state index contributed by atoms with van der Waals surface area (Å²) in [6, 6.07) is -0.639. The first kappa shape index (κ1) is 35.5. The number of unbranched alkanes of at least 4 members (excludes halogenated alkanes) is 1. The Morgan fingerprint density at radius 2 is 1.77 bits per heavy atom. The number of carbonyl (C=O) groups excluding carboxylic acids is 2. The molecule has 4 fully saturated rings. The zero-order chi connectivity index (χ0) is 32.4. The van der Waals surface area contributed by atoms with Crippen LogP contribution in [0, 0.1) is 46.3 Å². The minimum absolute atomic E-state index is 0.0534. The minimum atomic E-state index is -4.12. The second-order valence-corrected chi connectivity index (χ2v) is 16.5. The van der Waals surface area contributed by atoms with Crippen molar-refractivity contribution in [2.75, 3.05) is 18.8 Å². The van der Waals surface area contributed by atoms with Crippen LogP contribution in [0.1, 0.15) is 97.8 Å². The van der Waals surface area contributed by atoms with Crippen molar-refractivity contribution >= 4 is 22.0 Å². The van der Waals surface area contributed by atoms with Gasteiger partial charge in [-0.05, 0) is 117 Å². The van der Waals surface area contributed by atoms with Gasteiger partial charge in [0.05, 0.1) is 18.0 Å². The molecule has 0 aliphatic heterocycles. The highest BCUT2D eigenvalue weighted by atomic mass is 32.2. The van der Waals surface area contributed by atoms with Gasteiger partial charge < -0.3 is 31.7 Å². The topological polar surface area (TPSA) is 202 Å². The van der Waals surface area contributed by atoms with Crippen LogP contribution in [-0.2, 0) is 24.4 Å². The summed E-state index contributed by atoms with van der Waals surface area (Å²) in [6.45, 7) is 7.09. The number of esters is 1. The van der Waals surface area contributed by atoms with Crippen LogP contribution in [0.2, 0.25) is 0 Å². The maximum Gasteiger partial charge on any atom is 0.323 e. The van der Waals surface area contributed by atoms with E-state index in [1.165, 1.54) is 0 Å². The normalized spacial score (nSPS) is 39.8. The Bertz CT molecular complexity index is 1120. The molecule has 4 aliphatic rings. The van der Waals surface area contributed by atoms with Crippen LogP contribution in [0.25, 0.3) is 0 Å². The fourth-order valence-corrected chi connectivity index (χ4v) is 10.4. The second kappa shape index (κ2) is 14.2. The number of ether oxygens (including phenoxy) is 1. The van der Waals surface area contributed by atoms with E-state index >= 15 is 0 Å². The first-order chi connectivity index (χ1) is 20.6. The third kappa shape index (κ3) is 7.46. The number of nitrogens with two attached hydrogens (primary N) is 2. The van der Waals surface area contributed by atoms with E-state index in [0.717, 1.165) is 38.5 Å². The van der Waals surface area contributed by atoms with E-state index in [2.05, 4.69) is 26.1 Å². The number of rotatable bonds is 13. The molecule has 0 saturated heterocycles. The molecule has 0 spiro atoms. The van der Waals surface area contributed by atoms with Gasteiger partial charge in [0.1, 0.15) is 12.1 Å². The fourth-order valence-electron chi connectivity index (χ4n) is 10.1. The number of fused-ring (bicyclic) bond motifs is 5. The summed E-state index contributed by atoms with van der Waals surface area (Å²) in [6.07, 6.45) is 7.38. The highest BCUT2D eigenvalue weighted by Gasteiger charge is 2.65. The number of aliphatic hydroxyl groups is 2. The van der Waals surface area contributed by atoms with Gasteiger partial charge >= 0.3 is 5.97 Å². The van der Waals surface area contributed by atoms with Crippen molar-refractivity contribution in [1.29, 1.82) is 0 Å². The number of hydrogen-bond donors (Lipinski definition) is 6. The Kier molecular flexibility index (Phi) is 11.5. The van der Waals surface area contributed by atoms with Crippen molar-refractivity contribution in [1.82, 2.24) is 5.32 Å². The monoisotopic (exact) mass is 643 g/mol. The van der Waals surface area contributed by atoms with Gasteiger partial charge in [-0.3, -0.25) is 14.1 Å². The van der Waals surface area contributed by atoms with Crippen molar-refractivity contribution < 1.29 is 37.5 Å². The number of aliphatic hydroxyl groups excluding tert-OH is 2. The van der Waals surface area contributed by atoms with Gasteiger partial charge in [-0.15, -0.1) is 0 Å². The zero-order valence-corrected chi connectivity index (χ0v) is 27.6. The predicted octanol–water partition coefficient (Wildman–Crippen LogP) is 2.38. The Morgan fingerprint density at radius 1 is 1.05 bits per heavy atom. The van der Waals surface area contributed by atoms with E-state index in [0.29, 0.717) is 38.6 Å². The number of amides is 1. The van der Waals surface area contributed by atoms with Crippen molar-refractivity contribution in [3.8, 4) is 0 Å². The molecule has 11 nitrogen and oxygen atoms in total. The summed E-state index contributed by atoms with van der Waals surface area (Å²) in [4.78, 5) is 25.0. The number of carbonyl (C=O) groups is 2. The quantitative estimate of drug-likeness (QED) is 0.0983. The van der Waals surface area contributed by atoms with Crippen molar-refractivity contribution in [2.24, 2.45) is 57.8 Å². The van der Waals surface area contributed by atoms with Crippen molar-refractivity contribution in [3.05, 3.63) is 0 Å². The molecule has 0 aromatic rings. The van der Waals surface area contributed by atoms with E-state index in [4.69, 9.17) is 20.8 Å². The Labute approximate surface area is 263 Å². The lowest BCUT2D eigenvalue weighted by molar-refractivity contribution is -0.209. The lowest BCUT2D eigenvalue weighted by atomic mass is 9.43. The summed E-state index contributed by atoms with van der Waals surface area (Å²) in [5.41, 5.74) is 11.2. The molecule has 0 aromatic heterocycles. The summed E-state index contributed by atoms with van der Waals surface area (Å²) in [7, 11) is -4.12.